The van der Waals surface area contributed by atoms with Crippen molar-refractivity contribution in [2.24, 2.45) is 7.05 Å². The predicted octanol–water partition coefficient (Wildman–Crippen LogP) is 2.47. The summed E-state index contributed by atoms with van der Waals surface area (Å²) in [6.45, 7) is 0. The first-order valence-electron chi connectivity index (χ1n) is 6.24. The molecule has 24 heavy (non-hydrogen) atoms. The SMILES string of the molecule is Cn1nc(C(=O)Nc2ccc([N+](=O)[O-])cc2C#N)cc1C(F)(F)F. The average molecular weight is 339 g/mol. The number of hydrogen-bond acceptors (Lipinski definition) is 5. The number of benzene rings is 1. The van der Waals surface area contributed by atoms with E-state index in [0.29, 0.717) is 10.7 Å². The van der Waals surface area contributed by atoms with Gasteiger partial charge in [0, 0.05) is 25.2 Å². The van der Waals surface area contributed by atoms with Crippen molar-refractivity contribution in [3.63, 3.8) is 0 Å². The topological polar surface area (TPSA) is 114 Å². The van der Waals surface area contributed by atoms with E-state index in [1.165, 1.54) is 0 Å². The molecule has 0 aliphatic heterocycles. The Kier molecular flexibility index (Phi) is 4.23. The molecular formula is C13H8F3N5O3. The summed E-state index contributed by atoms with van der Waals surface area (Å²) in [4.78, 5) is 21.9. The Labute approximate surface area is 132 Å². The lowest BCUT2D eigenvalue weighted by Crippen LogP contribution is -2.14. The van der Waals surface area contributed by atoms with Crippen LogP contribution in [0.4, 0.5) is 24.5 Å². The molecule has 0 aliphatic rings. The Balaban J connectivity index is 2.31. The molecule has 1 heterocycles. The quantitative estimate of drug-likeness (QED) is 0.681. The number of hydrogen-bond donors (Lipinski definition) is 1. The van der Waals surface area contributed by atoms with E-state index in [1.54, 1.807) is 6.07 Å². The van der Waals surface area contributed by atoms with Crippen molar-refractivity contribution in [2.75, 3.05) is 5.32 Å². The second-order valence-corrected chi connectivity index (χ2v) is 4.59. The largest absolute Gasteiger partial charge is 0.433 e. The number of nitro groups is 1. The lowest BCUT2D eigenvalue weighted by molar-refractivity contribution is -0.384. The molecule has 0 saturated heterocycles. The summed E-state index contributed by atoms with van der Waals surface area (Å²) < 4.78 is 38.6. The molecule has 0 radical (unpaired) electrons. The molecule has 0 unspecified atom stereocenters. The Morgan fingerprint density at radius 2 is 2.08 bits per heavy atom. The van der Waals surface area contributed by atoms with Crippen LogP contribution in [0, 0.1) is 21.4 Å². The van der Waals surface area contributed by atoms with Crippen LogP contribution < -0.4 is 5.32 Å². The molecule has 0 spiro atoms. The molecule has 2 rings (SSSR count). The van der Waals surface area contributed by atoms with E-state index < -0.39 is 28.4 Å². The molecule has 0 aliphatic carbocycles. The molecule has 1 N–H and O–H groups in total. The zero-order valence-electron chi connectivity index (χ0n) is 12.0. The number of aromatic nitrogens is 2. The van der Waals surface area contributed by atoms with E-state index in [1.807, 2.05) is 0 Å². The maximum absolute atomic E-state index is 12.7. The molecule has 0 bridgehead atoms. The third-order valence-corrected chi connectivity index (χ3v) is 2.99. The lowest BCUT2D eigenvalue weighted by Gasteiger charge is -2.05. The lowest BCUT2D eigenvalue weighted by atomic mass is 10.1. The van der Waals surface area contributed by atoms with Gasteiger partial charge < -0.3 is 5.32 Å². The van der Waals surface area contributed by atoms with Gasteiger partial charge in [-0.2, -0.15) is 23.5 Å². The first-order valence-corrected chi connectivity index (χ1v) is 6.24. The number of carbonyl (C=O) groups is 1. The number of nitrogens with zero attached hydrogens (tertiary/aromatic N) is 4. The predicted molar refractivity (Wildman–Crippen MR) is 74.0 cm³/mol. The van der Waals surface area contributed by atoms with Gasteiger partial charge in [-0.05, 0) is 6.07 Å². The Hall–Kier alpha value is -3.42. The fourth-order valence-corrected chi connectivity index (χ4v) is 1.88. The van der Waals surface area contributed by atoms with Crippen LogP contribution in [0.1, 0.15) is 21.7 Å². The number of non-ortho nitro benzene ring substituents is 1. The van der Waals surface area contributed by atoms with Crippen LogP contribution in [-0.4, -0.2) is 20.6 Å². The summed E-state index contributed by atoms with van der Waals surface area (Å²) >= 11 is 0. The first kappa shape index (κ1) is 16.9. The molecule has 0 saturated carbocycles. The van der Waals surface area contributed by atoms with Gasteiger partial charge in [0.2, 0.25) is 0 Å². The Bertz CT molecular complexity index is 867. The molecule has 2 aromatic rings. The van der Waals surface area contributed by atoms with E-state index in [9.17, 15) is 28.1 Å². The van der Waals surface area contributed by atoms with Crippen LogP contribution in [0.2, 0.25) is 0 Å². The molecule has 1 aromatic heterocycles. The summed E-state index contributed by atoms with van der Waals surface area (Å²) in [5.74, 6) is -0.980. The molecule has 8 nitrogen and oxygen atoms in total. The number of rotatable bonds is 3. The van der Waals surface area contributed by atoms with Crippen molar-refractivity contribution in [1.29, 1.82) is 5.26 Å². The van der Waals surface area contributed by atoms with Crippen LogP contribution in [0.3, 0.4) is 0 Å². The summed E-state index contributed by atoms with van der Waals surface area (Å²) in [5.41, 5.74) is -2.26. The number of nitriles is 1. The molecule has 11 heteroatoms. The highest BCUT2D eigenvalue weighted by molar-refractivity contribution is 6.03. The maximum atomic E-state index is 12.7. The number of nitrogens with one attached hydrogen (secondary N) is 1. The highest BCUT2D eigenvalue weighted by Crippen LogP contribution is 2.29. The van der Waals surface area contributed by atoms with Gasteiger partial charge >= 0.3 is 6.18 Å². The van der Waals surface area contributed by atoms with Gasteiger partial charge in [-0.1, -0.05) is 0 Å². The fraction of sp³-hybridized carbons (Fsp3) is 0.154. The molecular weight excluding hydrogens is 331 g/mol. The van der Waals surface area contributed by atoms with E-state index >= 15 is 0 Å². The van der Waals surface area contributed by atoms with Gasteiger partial charge in [-0.25, -0.2) is 0 Å². The number of halogens is 3. The second-order valence-electron chi connectivity index (χ2n) is 4.59. The average Bonchev–Trinajstić information content (AvgIpc) is 2.89. The monoisotopic (exact) mass is 339 g/mol. The minimum absolute atomic E-state index is 0.0766. The number of nitro benzene ring substituents is 1. The van der Waals surface area contributed by atoms with Gasteiger partial charge in [-0.3, -0.25) is 19.6 Å². The van der Waals surface area contributed by atoms with Crippen molar-refractivity contribution in [3.05, 3.63) is 51.3 Å². The number of alkyl halides is 3. The van der Waals surface area contributed by atoms with Crippen molar-refractivity contribution in [1.82, 2.24) is 9.78 Å². The van der Waals surface area contributed by atoms with E-state index in [4.69, 9.17) is 5.26 Å². The smallest absolute Gasteiger partial charge is 0.319 e. The van der Waals surface area contributed by atoms with Crippen LogP contribution >= 0.6 is 0 Å². The van der Waals surface area contributed by atoms with Gasteiger partial charge in [0.25, 0.3) is 11.6 Å². The van der Waals surface area contributed by atoms with Crippen LogP contribution in [0.15, 0.2) is 24.3 Å². The second kappa shape index (κ2) is 5.99. The number of aryl methyl sites for hydroxylation is 1. The minimum Gasteiger partial charge on any atom is -0.319 e. The van der Waals surface area contributed by atoms with Crippen molar-refractivity contribution >= 4 is 17.3 Å². The van der Waals surface area contributed by atoms with E-state index in [0.717, 1.165) is 25.2 Å². The number of carbonyl (C=O) groups excluding carboxylic acids is 1. The normalized spacial score (nSPS) is 11.0. The number of amides is 1. The molecule has 124 valence electrons. The minimum atomic E-state index is -4.68. The zero-order valence-corrected chi connectivity index (χ0v) is 12.0. The molecule has 1 amide bonds. The Morgan fingerprint density at radius 3 is 2.58 bits per heavy atom. The summed E-state index contributed by atoms with van der Waals surface area (Å²) in [5, 5.41) is 25.3. The van der Waals surface area contributed by atoms with Crippen LogP contribution in [-0.2, 0) is 13.2 Å². The fourth-order valence-electron chi connectivity index (χ4n) is 1.88. The summed E-state index contributed by atoms with van der Waals surface area (Å²) in [6, 6.07) is 5.33. The third-order valence-electron chi connectivity index (χ3n) is 2.99. The van der Waals surface area contributed by atoms with Crippen molar-refractivity contribution in [2.45, 2.75) is 6.18 Å². The molecule has 1 aromatic carbocycles. The van der Waals surface area contributed by atoms with Gasteiger partial charge in [0.05, 0.1) is 16.2 Å². The summed E-state index contributed by atoms with van der Waals surface area (Å²) in [6.07, 6.45) is -4.68. The van der Waals surface area contributed by atoms with Gasteiger partial charge in [0.1, 0.15) is 11.8 Å². The van der Waals surface area contributed by atoms with Crippen molar-refractivity contribution < 1.29 is 22.9 Å². The Morgan fingerprint density at radius 1 is 1.42 bits per heavy atom. The zero-order chi connectivity index (χ0) is 18.1. The van der Waals surface area contributed by atoms with E-state index in [-0.39, 0.29) is 16.9 Å². The third kappa shape index (κ3) is 3.32. The van der Waals surface area contributed by atoms with Gasteiger partial charge in [-0.15, -0.1) is 0 Å². The number of anilines is 1. The molecule has 0 atom stereocenters. The summed E-state index contributed by atoms with van der Waals surface area (Å²) in [7, 11) is 1.03. The van der Waals surface area contributed by atoms with E-state index in [2.05, 4.69) is 10.4 Å². The van der Waals surface area contributed by atoms with Crippen LogP contribution in [0.25, 0.3) is 0 Å². The van der Waals surface area contributed by atoms with Crippen LogP contribution in [0.5, 0.6) is 0 Å². The standard InChI is InChI=1S/C13H8F3N5O3/c1-20-11(13(14,15)16)5-10(19-20)12(22)18-9-3-2-8(21(23)24)4-7(9)6-17/h2-5H,1H3,(H,18,22). The highest BCUT2D eigenvalue weighted by atomic mass is 19.4. The van der Waals surface area contributed by atoms with Gasteiger partial charge in [0.15, 0.2) is 5.69 Å². The first-order chi connectivity index (χ1) is 11.1. The van der Waals surface area contributed by atoms with Crippen molar-refractivity contribution in [3.8, 4) is 6.07 Å². The highest BCUT2D eigenvalue weighted by Gasteiger charge is 2.35. The maximum Gasteiger partial charge on any atom is 0.433 e. The molecule has 0 fully saturated rings.